The fourth-order valence-electron chi connectivity index (χ4n) is 1.13. The van der Waals surface area contributed by atoms with Crippen LogP contribution < -0.4 is 5.73 Å². The molecule has 3 N–H and O–H groups in total. The Balaban J connectivity index is 2.78. The van der Waals surface area contributed by atoms with Gasteiger partial charge in [0.15, 0.2) is 0 Å². The van der Waals surface area contributed by atoms with Gasteiger partial charge in [0.05, 0.1) is 18.6 Å². The zero-order valence-electron chi connectivity index (χ0n) is 8.24. The number of phenols is 1. The first-order chi connectivity index (χ1) is 7.04. The molecule has 0 bridgehead atoms. The van der Waals surface area contributed by atoms with Gasteiger partial charge in [0, 0.05) is 6.04 Å². The predicted octanol–water partition coefficient (Wildman–Crippen LogP) is 1.61. The van der Waals surface area contributed by atoms with Gasteiger partial charge >= 0.3 is 5.97 Å². The van der Waals surface area contributed by atoms with Gasteiger partial charge in [0.2, 0.25) is 0 Å². The Kier molecular flexibility index (Phi) is 3.94. The Morgan fingerprint density at radius 2 is 2.33 bits per heavy atom. The molecule has 0 aliphatic heterocycles. The molecule has 1 atom stereocenters. The molecule has 15 heavy (non-hydrogen) atoms. The van der Waals surface area contributed by atoms with Crippen LogP contribution in [0.1, 0.15) is 18.0 Å². The van der Waals surface area contributed by atoms with E-state index in [9.17, 15) is 9.90 Å². The average Bonchev–Trinajstić information content (AvgIpc) is 2.21. The van der Waals surface area contributed by atoms with Crippen LogP contribution >= 0.6 is 11.6 Å². The summed E-state index contributed by atoms with van der Waals surface area (Å²) in [5.41, 5.74) is 6.43. The van der Waals surface area contributed by atoms with Gasteiger partial charge in [-0.05, 0) is 17.7 Å². The highest BCUT2D eigenvalue weighted by molar-refractivity contribution is 6.32. The lowest BCUT2D eigenvalue weighted by Gasteiger charge is -2.11. The first kappa shape index (κ1) is 11.8. The molecule has 5 heteroatoms. The van der Waals surface area contributed by atoms with E-state index >= 15 is 0 Å². The van der Waals surface area contributed by atoms with Crippen molar-refractivity contribution in [2.75, 3.05) is 7.11 Å². The standard InChI is InChI=1S/C10H12ClNO3/c1-15-10(14)5-8(12)6-2-3-9(13)7(11)4-6/h2-4,8,13H,5,12H2,1H3/t8-/m0/s1. The first-order valence-corrected chi connectivity index (χ1v) is 4.73. The largest absolute Gasteiger partial charge is 0.506 e. The molecule has 0 aliphatic carbocycles. The van der Waals surface area contributed by atoms with Crippen molar-refractivity contribution in [3.63, 3.8) is 0 Å². The molecule has 0 saturated carbocycles. The summed E-state index contributed by atoms with van der Waals surface area (Å²) in [5.74, 6) is -0.391. The second kappa shape index (κ2) is 5.00. The minimum absolute atomic E-state index is 0.00863. The summed E-state index contributed by atoms with van der Waals surface area (Å²) in [6.07, 6.45) is 0.0810. The number of rotatable bonds is 3. The molecule has 1 rings (SSSR count). The Hall–Kier alpha value is -1.26. The number of benzene rings is 1. The third-order valence-electron chi connectivity index (χ3n) is 2.01. The third-order valence-corrected chi connectivity index (χ3v) is 2.32. The van der Waals surface area contributed by atoms with Gasteiger partial charge in [-0.1, -0.05) is 17.7 Å². The van der Waals surface area contributed by atoms with Gasteiger partial charge in [-0.2, -0.15) is 0 Å². The van der Waals surface area contributed by atoms with Crippen molar-refractivity contribution in [1.82, 2.24) is 0 Å². The molecule has 0 aliphatic rings. The summed E-state index contributed by atoms with van der Waals surface area (Å²) >= 11 is 5.71. The summed E-state index contributed by atoms with van der Waals surface area (Å²) in [6.45, 7) is 0. The summed E-state index contributed by atoms with van der Waals surface area (Å²) in [6, 6.07) is 4.12. The van der Waals surface area contributed by atoms with Crippen molar-refractivity contribution in [3.8, 4) is 5.75 Å². The molecular weight excluding hydrogens is 218 g/mol. The second-order valence-corrected chi connectivity index (χ2v) is 3.50. The van der Waals surface area contributed by atoms with Crippen LogP contribution in [0.25, 0.3) is 0 Å². The smallest absolute Gasteiger partial charge is 0.307 e. The van der Waals surface area contributed by atoms with E-state index in [1.54, 1.807) is 6.07 Å². The monoisotopic (exact) mass is 229 g/mol. The number of carbonyl (C=O) groups excluding carboxylic acids is 1. The van der Waals surface area contributed by atoms with E-state index in [0.29, 0.717) is 5.56 Å². The normalized spacial score (nSPS) is 12.2. The average molecular weight is 230 g/mol. The SMILES string of the molecule is COC(=O)C[C@H](N)c1ccc(O)c(Cl)c1. The van der Waals surface area contributed by atoms with Gasteiger partial charge in [0.25, 0.3) is 0 Å². The molecule has 4 nitrogen and oxygen atoms in total. The first-order valence-electron chi connectivity index (χ1n) is 4.35. The van der Waals surface area contributed by atoms with Gasteiger partial charge < -0.3 is 15.6 Å². The lowest BCUT2D eigenvalue weighted by molar-refractivity contribution is -0.141. The van der Waals surface area contributed by atoms with Crippen LogP contribution in [0, 0.1) is 0 Å². The number of nitrogens with two attached hydrogens (primary N) is 1. The molecule has 0 radical (unpaired) electrons. The Bertz CT molecular complexity index is 368. The van der Waals surface area contributed by atoms with E-state index in [4.69, 9.17) is 17.3 Å². The molecule has 0 heterocycles. The lowest BCUT2D eigenvalue weighted by atomic mass is 10.0. The van der Waals surface area contributed by atoms with Gasteiger partial charge in [-0.25, -0.2) is 0 Å². The van der Waals surface area contributed by atoms with Crippen molar-refractivity contribution < 1.29 is 14.6 Å². The maximum atomic E-state index is 11.0. The number of aromatic hydroxyl groups is 1. The molecule has 0 fully saturated rings. The van der Waals surface area contributed by atoms with Gasteiger partial charge in [-0.3, -0.25) is 4.79 Å². The summed E-state index contributed by atoms with van der Waals surface area (Å²) < 4.78 is 4.50. The van der Waals surface area contributed by atoms with Crippen LogP contribution in [0.15, 0.2) is 18.2 Å². The molecule has 0 unspecified atom stereocenters. The van der Waals surface area contributed by atoms with E-state index in [1.807, 2.05) is 0 Å². The minimum Gasteiger partial charge on any atom is -0.506 e. The molecular formula is C10H12ClNO3. The van der Waals surface area contributed by atoms with E-state index in [0.717, 1.165) is 0 Å². The minimum atomic E-state index is -0.476. The molecule has 0 saturated heterocycles. The summed E-state index contributed by atoms with van der Waals surface area (Å²) in [7, 11) is 1.30. The van der Waals surface area contributed by atoms with Crippen molar-refractivity contribution in [1.29, 1.82) is 0 Å². The fraction of sp³-hybridized carbons (Fsp3) is 0.300. The van der Waals surface area contributed by atoms with Crippen LogP contribution in [0.5, 0.6) is 5.75 Å². The predicted molar refractivity (Wildman–Crippen MR) is 56.7 cm³/mol. The Morgan fingerprint density at radius 3 is 2.87 bits per heavy atom. The summed E-state index contributed by atoms with van der Waals surface area (Å²) in [4.78, 5) is 11.0. The number of ether oxygens (including phenoxy) is 1. The van der Waals surface area contributed by atoms with Crippen molar-refractivity contribution >= 4 is 17.6 Å². The van der Waals surface area contributed by atoms with Crippen molar-refractivity contribution in [2.24, 2.45) is 5.73 Å². The number of hydrogen-bond acceptors (Lipinski definition) is 4. The molecule has 0 aromatic heterocycles. The second-order valence-electron chi connectivity index (χ2n) is 3.10. The number of hydrogen-bond donors (Lipinski definition) is 2. The van der Waals surface area contributed by atoms with Gasteiger partial charge in [0.1, 0.15) is 5.75 Å². The topological polar surface area (TPSA) is 72.5 Å². The quantitative estimate of drug-likeness (QED) is 0.773. The molecule has 82 valence electrons. The van der Waals surface area contributed by atoms with Crippen molar-refractivity contribution in [3.05, 3.63) is 28.8 Å². The maximum absolute atomic E-state index is 11.0. The lowest BCUT2D eigenvalue weighted by Crippen LogP contribution is -2.16. The molecule has 1 aromatic rings. The van der Waals surface area contributed by atoms with Crippen LogP contribution in [0.3, 0.4) is 0 Å². The highest BCUT2D eigenvalue weighted by atomic mass is 35.5. The molecule has 0 amide bonds. The summed E-state index contributed by atoms with van der Waals surface area (Å²) in [5, 5.41) is 9.40. The van der Waals surface area contributed by atoms with E-state index in [1.165, 1.54) is 19.2 Å². The number of halogens is 1. The number of methoxy groups -OCH3 is 1. The Labute approximate surface area is 92.6 Å². The van der Waals surface area contributed by atoms with E-state index in [2.05, 4.69) is 4.74 Å². The molecule has 0 spiro atoms. The highest BCUT2D eigenvalue weighted by Crippen LogP contribution is 2.26. The zero-order valence-corrected chi connectivity index (χ0v) is 8.99. The van der Waals surface area contributed by atoms with Crippen LogP contribution in [0.4, 0.5) is 0 Å². The van der Waals surface area contributed by atoms with E-state index in [-0.39, 0.29) is 23.2 Å². The van der Waals surface area contributed by atoms with Crippen molar-refractivity contribution in [2.45, 2.75) is 12.5 Å². The Morgan fingerprint density at radius 1 is 1.67 bits per heavy atom. The number of esters is 1. The van der Waals surface area contributed by atoms with Crippen LogP contribution in [-0.4, -0.2) is 18.2 Å². The third kappa shape index (κ3) is 3.11. The van der Waals surface area contributed by atoms with Crippen LogP contribution in [0.2, 0.25) is 5.02 Å². The van der Waals surface area contributed by atoms with Gasteiger partial charge in [-0.15, -0.1) is 0 Å². The molecule has 1 aromatic carbocycles. The fourth-order valence-corrected chi connectivity index (χ4v) is 1.32. The van der Waals surface area contributed by atoms with Crippen LogP contribution in [-0.2, 0) is 9.53 Å². The maximum Gasteiger partial charge on any atom is 0.307 e. The number of phenolic OH excluding ortho intramolecular Hbond substituents is 1. The zero-order chi connectivity index (χ0) is 11.4. The highest BCUT2D eigenvalue weighted by Gasteiger charge is 2.13. The number of carbonyl (C=O) groups is 1. The van der Waals surface area contributed by atoms with E-state index < -0.39 is 6.04 Å².